The molecule has 14 nitrogen and oxygen atoms in total. The largest absolute Gasteiger partial charge is 0.382 e. The number of benzene rings is 1. The number of fused-ring (bicyclic) bond motifs is 1. The van der Waals surface area contributed by atoms with E-state index >= 15 is 0 Å². The van der Waals surface area contributed by atoms with Crippen molar-refractivity contribution < 1.29 is 33.5 Å². The third-order valence-electron chi connectivity index (χ3n) is 5.44. The van der Waals surface area contributed by atoms with Crippen molar-refractivity contribution in [3.8, 4) is 0 Å². The fraction of sp³-hybridized carbons (Fsp3) is 0.333. The molecule has 0 spiro atoms. The lowest BCUT2D eigenvalue weighted by atomic mass is 9.75. The van der Waals surface area contributed by atoms with Crippen LogP contribution in [0.1, 0.15) is 25.8 Å². The van der Waals surface area contributed by atoms with Crippen LogP contribution in [-0.4, -0.2) is 59.6 Å². The van der Waals surface area contributed by atoms with Crippen molar-refractivity contribution in [2.24, 2.45) is 0 Å². The Hall–Kier alpha value is -3.71. The van der Waals surface area contributed by atoms with Crippen LogP contribution in [0, 0.1) is 0 Å². The van der Waals surface area contributed by atoms with Gasteiger partial charge in [0.15, 0.2) is 16.9 Å². The number of hydrogen-bond acceptors (Lipinski definition) is 9. The van der Waals surface area contributed by atoms with E-state index in [9.17, 15) is 18.9 Å². The smallest absolute Gasteiger partial charge is 0.350 e. The van der Waals surface area contributed by atoms with Gasteiger partial charge in [-0.25, -0.2) is 19.7 Å². The van der Waals surface area contributed by atoms with E-state index in [-0.39, 0.29) is 5.82 Å². The molecule has 4 rings (SSSR count). The minimum absolute atomic E-state index is 0.285. The SMILES string of the molecule is CCC1(c2ccccc2)C(=O)NC(=O)NC1=O.C[C@H](Cn1cnc2c(N)ncnc21)OCP(=O)(O)O. The first-order chi connectivity index (χ1) is 17.0. The molecule has 1 fully saturated rings. The topological polar surface area (TPSA) is 212 Å². The second-order valence-corrected chi connectivity index (χ2v) is 9.55. The number of imide groups is 2. The van der Waals surface area contributed by atoms with E-state index in [4.69, 9.17) is 20.3 Å². The summed E-state index contributed by atoms with van der Waals surface area (Å²) >= 11 is 0. The summed E-state index contributed by atoms with van der Waals surface area (Å²) in [6.45, 7) is 3.79. The normalized spacial score (nSPS) is 16.1. The van der Waals surface area contributed by atoms with E-state index in [0.717, 1.165) is 0 Å². The first kappa shape index (κ1) is 26.9. The Balaban J connectivity index is 0.000000202. The number of carbonyl (C=O) groups excluding carboxylic acids is 3. The summed E-state index contributed by atoms with van der Waals surface area (Å²) in [4.78, 5) is 64.4. The number of aromatic nitrogens is 4. The van der Waals surface area contributed by atoms with Gasteiger partial charge in [-0.2, -0.15) is 0 Å². The summed E-state index contributed by atoms with van der Waals surface area (Å²) in [5, 5.41) is 4.28. The first-order valence-electron chi connectivity index (χ1n) is 10.8. The number of carbonyl (C=O) groups is 3. The van der Waals surface area contributed by atoms with Crippen LogP contribution in [0.5, 0.6) is 0 Å². The van der Waals surface area contributed by atoms with Crippen molar-refractivity contribution in [2.45, 2.75) is 38.3 Å². The van der Waals surface area contributed by atoms with Crippen LogP contribution < -0.4 is 16.4 Å². The predicted octanol–water partition coefficient (Wildman–Crippen LogP) is 0.649. The van der Waals surface area contributed by atoms with Crippen molar-refractivity contribution in [1.29, 1.82) is 0 Å². The standard InChI is InChI=1S/C12H12N2O3.C9H14N5O4P/c1-2-12(8-6-4-3-5-7-8)9(15)13-11(17)14-10(12)16;1-6(18-5-19(15,16)17)2-14-4-13-7-8(10)11-3-12-9(7)14/h3-7H,2H2,1H3,(H2,13,14,15,16,17);3-4,6H,2,5H2,1H3,(H2,10,11,12)(H2,15,16,17)/t;6-/m.1/s1. The van der Waals surface area contributed by atoms with Gasteiger partial charge in [-0.3, -0.25) is 24.8 Å². The molecule has 1 aliphatic heterocycles. The minimum atomic E-state index is -4.16. The first-order valence-corrected chi connectivity index (χ1v) is 12.6. The molecule has 1 aromatic carbocycles. The number of anilines is 1. The van der Waals surface area contributed by atoms with Crippen LogP contribution in [0.15, 0.2) is 43.0 Å². The summed E-state index contributed by atoms with van der Waals surface area (Å²) < 4.78 is 17.5. The van der Waals surface area contributed by atoms with Gasteiger partial charge in [0, 0.05) is 0 Å². The average molecular weight is 519 g/mol. The molecular formula is C21H26N7O7P. The quantitative estimate of drug-likeness (QED) is 0.216. The van der Waals surface area contributed by atoms with Crippen LogP contribution in [0.4, 0.5) is 10.6 Å². The van der Waals surface area contributed by atoms with E-state index < -0.39 is 43.3 Å². The van der Waals surface area contributed by atoms with Crippen molar-refractivity contribution in [3.63, 3.8) is 0 Å². The number of barbiturate groups is 1. The van der Waals surface area contributed by atoms with E-state index in [1.807, 2.05) is 0 Å². The van der Waals surface area contributed by atoms with Crippen LogP contribution >= 0.6 is 7.60 Å². The molecule has 0 bridgehead atoms. The van der Waals surface area contributed by atoms with Crippen molar-refractivity contribution in [1.82, 2.24) is 30.2 Å². The van der Waals surface area contributed by atoms with Gasteiger partial charge in [0.1, 0.15) is 18.2 Å². The van der Waals surface area contributed by atoms with E-state index in [2.05, 4.69) is 25.6 Å². The van der Waals surface area contributed by atoms with Gasteiger partial charge in [-0.1, -0.05) is 37.3 Å². The summed E-state index contributed by atoms with van der Waals surface area (Å²) in [5.41, 5.74) is 5.98. The highest BCUT2D eigenvalue weighted by molar-refractivity contribution is 7.51. The molecule has 15 heteroatoms. The van der Waals surface area contributed by atoms with Crippen molar-refractivity contribution >= 4 is 42.4 Å². The molecular weight excluding hydrogens is 493 g/mol. The van der Waals surface area contributed by atoms with Crippen LogP contribution in [0.25, 0.3) is 11.2 Å². The molecule has 1 aliphatic rings. The molecule has 0 unspecified atom stereocenters. The van der Waals surface area contributed by atoms with Crippen LogP contribution in [0.3, 0.4) is 0 Å². The Labute approximate surface area is 205 Å². The molecule has 1 saturated heterocycles. The van der Waals surface area contributed by atoms with E-state index in [0.29, 0.717) is 29.7 Å². The lowest BCUT2D eigenvalue weighted by molar-refractivity contribution is -0.138. The molecule has 1 atom stereocenters. The van der Waals surface area contributed by atoms with E-state index in [1.165, 1.54) is 12.7 Å². The van der Waals surface area contributed by atoms with Crippen LogP contribution in [0.2, 0.25) is 0 Å². The maximum absolute atomic E-state index is 12.0. The molecule has 2 aromatic heterocycles. The number of rotatable bonds is 7. The number of urea groups is 1. The zero-order valence-electron chi connectivity index (χ0n) is 19.5. The fourth-order valence-electron chi connectivity index (χ4n) is 3.65. The van der Waals surface area contributed by atoms with Gasteiger partial charge in [-0.05, 0) is 18.9 Å². The van der Waals surface area contributed by atoms with Crippen LogP contribution in [-0.2, 0) is 30.9 Å². The summed E-state index contributed by atoms with van der Waals surface area (Å²) in [6, 6.07) is 7.96. The molecule has 192 valence electrons. The molecule has 36 heavy (non-hydrogen) atoms. The molecule has 4 amide bonds. The molecule has 3 aromatic rings. The second kappa shape index (κ2) is 10.9. The lowest BCUT2D eigenvalue weighted by Gasteiger charge is -2.33. The van der Waals surface area contributed by atoms with Gasteiger partial charge < -0.3 is 24.8 Å². The number of imidazole rings is 1. The third-order valence-corrected chi connectivity index (χ3v) is 5.92. The Morgan fingerprint density at radius 1 is 1.11 bits per heavy atom. The number of nitrogens with two attached hydrogens (primary N) is 1. The minimum Gasteiger partial charge on any atom is -0.382 e. The Morgan fingerprint density at radius 2 is 1.75 bits per heavy atom. The second-order valence-electron chi connectivity index (χ2n) is 7.96. The average Bonchev–Trinajstić information content (AvgIpc) is 3.22. The van der Waals surface area contributed by atoms with Gasteiger partial charge in [0.05, 0.1) is 19.0 Å². The van der Waals surface area contributed by atoms with Gasteiger partial charge in [-0.15, -0.1) is 0 Å². The molecule has 0 radical (unpaired) electrons. The summed E-state index contributed by atoms with van der Waals surface area (Å²) in [6.07, 6.45) is 2.14. The van der Waals surface area contributed by atoms with Gasteiger partial charge in [0.2, 0.25) is 11.8 Å². The Kier molecular flexibility index (Phi) is 8.15. The highest BCUT2D eigenvalue weighted by Crippen LogP contribution is 2.34. The number of nitrogens with zero attached hydrogens (tertiary/aromatic N) is 4. The van der Waals surface area contributed by atoms with Gasteiger partial charge in [0.25, 0.3) is 0 Å². The molecule has 0 saturated carbocycles. The Morgan fingerprint density at radius 3 is 2.33 bits per heavy atom. The van der Waals surface area contributed by atoms with Gasteiger partial charge >= 0.3 is 13.6 Å². The number of nitrogen functional groups attached to an aromatic ring is 1. The zero-order valence-corrected chi connectivity index (χ0v) is 20.4. The summed E-state index contributed by atoms with van der Waals surface area (Å²) in [5.74, 6) is -0.854. The predicted molar refractivity (Wildman–Crippen MR) is 127 cm³/mol. The molecule has 0 aliphatic carbocycles. The van der Waals surface area contributed by atoms with Crippen molar-refractivity contribution in [2.75, 3.05) is 12.1 Å². The highest BCUT2D eigenvalue weighted by Gasteiger charge is 2.50. The lowest BCUT2D eigenvalue weighted by Crippen LogP contribution is -2.64. The molecule has 3 heterocycles. The third kappa shape index (κ3) is 5.91. The maximum Gasteiger partial charge on any atom is 0.350 e. The number of ether oxygens (including phenoxy) is 1. The summed E-state index contributed by atoms with van der Waals surface area (Å²) in [7, 11) is -4.16. The highest BCUT2D eigenvalue weighted by atomic mass is 31.2. The molecule has 6 N–H and O–H groups in total. The number of hydrogen-bond donors (Lipinski definition) is 5. The van der Waals surface area contributed by atoms with Crippen molar-refractivity contribution in [3.05, 3.63) is 48.5 Å². The zero-order chi connectivity index (χ0) is 26.5. The number of amides is 4. The number of nitrogens with one attached hydrogen (secondary N) is 2. The maximum atomic E-state index is 12.0. The fourth-order valence-corrected chi connectivity index (χ4v) is 4.10. The van der Waals surface area contributed by atoms with E-state index in [1.54, 1.807) is 48.7 Å². The monoisotopic (exact) mass is 519 g/mol. The Bertz CT molecular complexity index is 1290.